The molecule has 0 radical (unpaired) electrons. The van der Waals surface area contributed by atoms with Crippen LogP contribution < -0.4 is 14.8 Å². The fourth-order valence-electron chi connectivity index (χ4n) is 5.60. The van der Waals surface area contributed by atoms with Gasteiger partial charge in [-0.3, -0.25) is 14.4 Å². The summed E-state index contributed by atoms with van der Waals surface area (Å²) in [6.07, 6.45) is 3.85. The SMILES string of the molecule is COc1cc(F)c(O[C@H]2CC[C@@](C)(C(=O)OC(C)(C)C)CC2)cc1C(=O)N[C@@H]1CCC[C@@H]1C(=O)OCc1ccccc1. The van der Waals surface area contributed by atoms with Crippen LogP contribution in [-0.4, -0.2) is 42.7 Å². The topological polar surface area (TPSA) is 100 Å². The van der Waals surface area contributed by atoms with Gasteiger partial charge in [-0.05, 0) is 77.8 Å². The third kappa shape index (κ3) is 7.81. The van der Waals surface area contributed by atoms with Gasteiger partial charge in [0.1, 0.15) is 18.0 Å². The first-order chi connectivity index (χ1) is 19.9. The van der Waals surface area contributed by atoms with E-state index in [1.54, 1.807) is 0 Å². The minimum atomic E-state index is -0.646. The molecule has 0 saturated heterocycles. The van der Waals surface area contributed by atoms with Gasteiger partial charge in [0.25, 0.3) is 5.91 Å². The third-order valence-electron chi connectivity index (χ3n) is 8.08. The van der Waals surface area contributed by atoms with E-state index >= 15 is 4.39 Å². The Morgan fingerprint density at radius 3 is 2.33 bits per heavy atom. The number of halogens is 1. The molecule has 2 aliphatic carbocycles. The molecule has 42 heavy (non-hydrogen) atoms. The van der Waals surface area contributed by atoms with Crippen molar-refractivity contribution in [3.63, 3.8) is 0 Å². The number of carbonyl (C=O) groups excluding carboxylic acids is 3. The molecule has 228 valence electrons. The quantitative estimate of drug-likeness (QED) is 0.354. The van der Waals surface area contributed by atoms with Crippen LogP contribution in [-0.2, 0) is 25.7 Å². The molecule has 2 aromatic rings. The largest absolute Gasteiger partial charge is 0.496 e. The summed E-state index contributed by atoms with van der Waals surface area (Å²) in [5, 5.41) is 2.94. The minimum Gasteiger partial charge on any atom is -0.496 e. The van der Waals surface area contributed by atoms with Crippen molar-refractivity contribution in [2.24, 2.45) is 11.3 Å². The lowest BCUT2D eigenvalue weighted by molar-refractivity contribution is -0.169. The van der Waals surface area contributed by atoms with Gasteiger partial charge < -0.3 is 24.3 Å². The lowest BCUT2D eigenvalue weighted by atomic mass is 9.74. The second-order valence-electron chi connectivity index (χ2n) is 12.6. The number of amides is 1. The summed E-state index contributed by atoms with van der Waals surface area (Å²) in [7, 11) is 1.37. The maximum atomic E-state index is 15.0. The van der Waals surface area contributed by atoms with Gasteiger partial charge in [0.2, 0.25) is 0 Å². The first-order valence-electron chi connectivity index (χ1n) is 14.7. The van der Waals surface area contributed by atoms with Gasteiger partial charge in [-0.1, -0.05) is 36.8 Å². The minimum absolute atomic E-state index is 0.0583. The maximum Gasteiger partial charge on any atom is 0.312 e. The van der Waals surface area contributed by atoms with E-state index in [9.17, 15) is 14.4 Å². The van der Waals surface area contributed by atoms with E-state index in [1.165, 1.54) is 13.2 Å². The Morgan fingerprint density at radius 1 is 1.00 bits per heavy atom. The predicted molar refractivity (Wildman–Crippen MR) is 155 cm³/mol. The molecule has 2 aliphatic rings. The molecule has 1 N–H and O–H groups in total. The smallest absolute Gasteiger partial charge is 0.312 e. The van der Waals surface area contributed by atoms with Crippen molar-refractivity contribution in [2.45, 2.75) is 97.0 Å². The molecule has 8 nitrogen and oxygen atoms in total. The maximum absolute atomic E-state index is 15.0. The van der Waals surface area contributed by atoms with Crippen molar-refractivity contribution in [1.29, 1.82) is 0 Å². The van der Waals surface area contributed by atoms with E-state index in [1.807, 2.05) is 58.0 Å². The summed E-state index contributed by atoms with van der Waals surface area (Å²) < 4.78 is 37.5. The molecular formula is C33H42FNO7. The highest BCUT2D eigenvalue weighted by Gasteiger charge is 2.41. The van der Waals surface area contributed by atoms with E-state index in [2.05, 4.69) is 5.32 Å². The average Bonchev–Trinajstić information content (AvgIpc) is 3.41. The van der Waals surface area contributed by atoms with Crippen molar-refractivity contribution in [3.05, 3.63) is 59.4 Å². The zero-order chi connectivity index (χ0) is 30.5. The van der Waals surface area contributed by atoms with E-state index in [-0.39, 0.29) is 41.7 Å². The lowest BCUT2D eigenvalue weighted by Gasteiger charge is -2.37. The van der Waals surface area contributed by atoms with E-state index in [0.29, 0.717) is 38.5 Å². The number of ether oxygens (including phenoxy) is 4. The number of methoxy groups -OCH3 is 1. The number of benzene rings is 2. The van der Waals surface area contributed by atoms with Crippen molar-refractivity contribution < 1.29 is 37.7 Å². The van der Waals surface area contributed by atoms with Gasteiger partial charge in [-0.15, -0.1) is 0 Å². The zero-order valence-electron chi connectivity index (χ0n) is 25.2. The molecule has 2 aromatic carbocycles. The second kappa shape index (κ2) is 13.1. The summed E-state index contributed by atoms with van der Waals surface area (Å²) in [5.41, 5.74) is -0.194. The van der Waals surface area contributed by atoms with Crippen LogP contribution in [0.1, 0.15) is 88.6 Å². The van der Waals surface area contributed by atoms with Crippen LogP contribution in [0.2, 0.25) is 0 Å². The first kappa shape index (κ1) is 31.3. The molecular weight excluding hydrogens is 541 g/mol. The average molecular weight is 584 g/mol. The predicted octanol–water partition coefficient (Wildman–Crippen LogP) is 6.15. The Kier molecular flexibility index (Phi) is 9.79. The molecule has 0 aromatic heterocycles. The fraction of sp³-hybridized carbons (Fsp3) is 0.545. The molecule has 0 heterocycles. The summed E-state index contributed by atoms with van der Waals surface area (Å²) >= 11 is 0. The first-order valence-corrected chi connectivity index (χ1v) is 14.7. The zero-order valence-corrected chi connectivity index (χ0v) is 25.2. The molecule has 9 heteroatoms. The van der Waals surface area contributed by atoms with Gasteiger partial charge >= 0.3 is 11.9 Å². The fourth-order valence-corrected chi connectivity index (χ4v) is 5.60. The highest BCUT2D eigenvalue weighted by molar-refractivity contribution is 5.98. The van der Waals surface area contributed by atoms with E-state index < -0.39 is 34.7 Å². The molecule has 0 bridgehead atoms. The van der Waals surface area contributed by atoms with Crippen LogP contribution in [0.15, 0.2) is 42.5 Å². The Hall–Kier alpha value is -3.62. The summed E-state index contributed by atoms with van der Waals surface area (Å²) in [6.45, 7) is 7.58. The standard InChI is InChI=1S/C33H42FNO7/c1-32(2,3)42-31(38)33(4)16-14-22(15-17-33)41-28-18-24(27(39-5)19-25(28)34)29(36)35-26-13-9-12-23(26)30(37)40-20-21-10-7-6-8-11-21/h6-8,10-11,18-19,22-23,26H,9,12-17,20H2,1-5H3,(H,35,36)/t22-,23-,26+,33+/m0/s1. The van der Waals surface area contributed by atoms with Crippen molar-refractivity contribution >= 4 is 17.8 Å². The number of rotatable bonds is 9. The molecule has 2 atom stereocenters. The third-order valence-corrected chi connectivity index (χ3v) is 8.08. The van der Waals surface area contributed by atoms with Gasteiger partial charge in [-0.2, -0.15) is 0 Å². The van der Waals surface area contributed by atoms with Crippen LogP contribution in [0, 0.1) is 17.2 Å². The van der Waals surface area contributed by atoms with Crippen LogP contribution in [0.5, 0.6) is 11.5 Å². The van der Waals surface area contributed by atoms with E-state index in [4.69, 9.17) is 18.9 Å². The highest BCUT2D eigenvalue weighted by atomic mass is 19.1. The summed E-state index contributed by atoms with van der Waals surface area (Å²) in [6, 6.07) is 11.5. The Morgan fingerprint density at radius 2 is 1.69 bits per heavy atom. The van der Waals surface area contributed by atoms with Gasteiger partial charge in [0, 0.05) is 12.1 Å². The van der Waals surface area contributed by atoms with Crippen LogP contribution >= 0.6 is 0 Å². The number of nitrogens with one attached hydrogen (secondary N) is 1. The number of hydrogen-bond donors (Lipinski definition) is 1. The van der Waals surface area contributed by atoms with Gasteiger partial charge in [-0.25, -0.2) is 4.39 Å². The van der Waals surface area contributed by atoms with Gasteiger partial charge in [0.15, 0.2) is 11.6 Å². The van der Waals surface area contributed by atoms with Crippen molar-refractivity contribution in [2.75, 3.05) is 7.11 Å². The summed E-state index contributed by atoms with van der Waals surface area (Å²) in [4.78, 5) is 39.0. The van der Waals surface area contributed by atoms with Crippen LogP contribution in [0.3, 0.4) is 0 Å². The van der Waals surface area contributed by atoms with Crippen molar-refractivity contribution in [1.82, 2.24) is 5.32 Å². The number of hydrogen-bond acceptors (Lipinski definition) is 7. The molecule has 2 saturated carbocycles. The number of carbonyl (C=O) groups is 3. The van der Waals surface area contributed by atoms with Crippen LogP contribution in [0.4, 0.5) is 4.39 Å². The molecule has 2 fully saturated rings. The monoisotopic (exact) mass is 583 g/mol. The highest BCUT2D eigenvalue weighted by Crippen LogP contribution is 2.40. The van der Waals surface area contributed by atoms with Crippen LogP contribution in [0.25, 0.3) is 0 Å². The Bertz CT molecular complexity index is 1270. The van der Waals surface area contributed by atoms with E-state index in [0.717, 1.165) is 18.1 Å². The molecule has 0 aliphatic heterocycles. The molecule has 4 rings (SSSR count). The van der Waals surface area contributed by atoms with Crippen molar-refractivity contribution in [3.8, 4) is 11.5 Å². The lowest BCUT2D eigenvalue weighted by Crippen LogP contribution is -2.41. The Balaban J connectivity index is 1.39. The Labute approximate surface area is 247 Å². The molecule has 1 amide bonds. The summed E-state index contributed by atoms with van der Waals surface area (Å²) in [5.74, 6) is -2.18. The molecule has 0 spiro atoms. The number of esters is 2. The van der Waals surface area contributed by atoms with Gasteiger partial charge in [0.05, 0.1) is 30.1 Å². The normalized spacial score (nSPS) is 24.0. The molecule has 0 unspecified atom stereocenters. The second-order valence-corrected chi connectivity index (χ2v) is 12.6.